The number of Topliss-reactive ketones (excluding diaryl/α,β-unsaturated/α-hetero) is 1. The van der Waals surface area contributed by atoms with E-state index in [1.807, 2.05) is 0 Å². The van der Waals surface area contributed by atoms with E-state index < -0.39 is 0 Å². The van der Waals surface area contributed by atoms with Gasteiger partial charge >= 0.3 is 0 Å². The number of carbonyl (C=O) groups excluding carboxylic acids is 1. The molecular weight excluding hydrogens is 244 g/mol. The summed E-state index contributed by atoms with van der Waals surface area (Å²) in [5.41, 5.74) is 3.91. The summed E-state index contributed by atoms with van der Waals surface area (Å²) in [7, 11) is 0. The number of fused-ring (bicyclic) bond motifs is 4. The van der Waals surface area contributed by atoms with Crippen LogP contribution in [-0.2, 0) is 12.8 Å². The molecule has 0 aliphatic heterocycles. The smallest absolute Gasteiger partial charge is 0.163 e. The second-order valence-corrected chi connectivity index (χ2v) is 7.07. The van der Waals surface area contributed by atoms with Crippen LogP contribution in [0.15, 0.2) is 30.4 Å². The van der Waals surface area contributed by atoms with Gasteiger partial charge in [-0.2, -0.15) is 0 Å². The number of hydrogen-bond acceptors (Lipinski definition) is 1. The maximum atomic E-state index is 12.7. The van der Waals surface area contributed by atoms with E-state index in [4.69, 9.17) is 0 Å². The molecule has 1 aromatic rings. The van der Waals surface area contributed by atoms with E-state index in [1.165, 1.54) is 24.0 Å². The summed E-state index contributed by atoms with van der Waals surface area (Å²) in [5.74, 6) is 1.79. The third kappa shape index (κ3) is 1.72. The molecule has 3 atom stereocenters. The zero-order valence-corrected chi connectivity index (χ0v) is 12.2. The van der Waals surface area contributed by atoms with E-state index >= 15 is 0 Å². The highest BCUT2D eigenvalue weighted by Crippen LogP contribution is 2.57. The molecule has 3 aliphatic rings. The third-order valence-electron chi connectivity index (χ3n) is 5.70. The van der Waals surface area contributed by atoms with Gasteiger partial charge in [-0.3, -0.25) is 4.79 Å². The molecule has 104 valence electrons. The molecule has 4 rings (SSSR count). The maximum absolute atomic E-state index is 12.7. The quantitative estimate of drug-likeness (QED) is 0.727. The van der Waals surface area contributed by atoms with Crippen molar-refractivity contribution >= 4 is 5.78 Å². The van der Waals surface area contributed by atoms with Gasteiger partial charge in [0.15, 0.2) is 5.78 Å². The molecule has 20 heavy (non-hydrogen) atoms. The second kappa shape index (κ2) is 4.31. The van der Waals surface area contributed by atoms with Gasteiger partial charge in [0.25, 0.3) is 0 Å². The molecule has 0 saturated heterocycles. The van der Waals surface area contributed by atoms with Crippen LogP contribution in [-0.4, -0.2) is 5.78 Å². The summed E-state index contributed by atoms with van der Waals surface area (Å²) in [6.07, 6.45) is 11.4. The van der Waals surface area contributed by atoms with Crippen molar-refractivity contribution in [2.24, 2.45) is 17.3 Å². The summed E-state index contributed by atoms with van der Waals surface area (Å²) in [4.78, 5) is 12.7. The summed E-state index contributed by atoms with van der Waals surface area (Å²) in [6.45, 7) is 2.19. The van der Waals surface area contributed by atoms with E-state index in [1.54, 1.807) is 0 Å². The number of allylic oxidation sites excluding steroid dienone is 2. The summed E-state index contributed by atoms with van der Waals surface area (Å²) in [5, 5.41) is 0. The number of hydrogen-bond donors (Lipinski definition) is 0. The van der Waals surface area contributed by atoms with Gasteiger partial charge < -0.3 is 0 Å². The minimum atomic E-state index is 0.260. The van der Waals surface area contributed by atoms with E-state index in [0.717, 1.165) is 37.2 Å². The van der Waals surface area contributed by atoms with Crippen molar-refractivity contribution < 1.29 is 4.79 Å². The van der Waals surface area contributed by atoms with Crippen molar-refractivity contribution in [1.29, 1.82) is 0 Å². The van der Waals surface area contributed by atoms with Crippen LogP contribution in [0.1, 0.15) is 54.1 Å². The molecule has 0 radical (unpaired) electrons. The molecule has 1 spiro atoms. The van der Waals surface area contributed by atoms with Crippen molar-refractivity contribution in [2.75, 3.05) is 0 Å². The van der Waals surface area contributed by atoms with Gasteiger partial charge in [0, 0.05) is 12.0 Å². The normalized spacial score (nSPS) is 34.0. The first kappa shape index (κ1) is 12.4. The predicted octanol–water partition coefficient (Wildman–Crippen LogP) is 4.35. The summed E-state index contributed by atoms with van der Waals surface area (Å²) in [6, 6.07) is 6.63. The minimum absolute atomic E-state index is 0.260. The number of ketones is 1. The molecule has 0 N–H and O–H groups in total. The van der Waals surface area contributed by atoms with Crippen LogP contribution in [0.3, 0.4) is 0 Å². The van der Waals surface area contributed by atoms with Crippen molar-refractivity contribution in [3.05, 3.63) is 47.0 Å². The average molecular weight is 266 g/mol. The van der Waals surface area contributed by atoms with Crippen molar-refractivity contribution in [3.8, 4) is 0 Å². The van der Waals surface area contributed by atoms with Crippen molar-refractivity contribution in [2.45, 2.75) is 45.4 Å². The van der Waals surface area contributed by atoms with Crippen molar-refractivity contribution in [3.63, 3.8) is 0 Å². The Morgan fingerprint density at radius 1 is 1.25 bits per heavy atom. The highest BCUT2D eigenvalue weighted by atomic mass is 16.1. The Morgan fingerprint density at radius 2 is 2.15 bits per heavy atom. The van der Waals surface area contributed by atoms with Crippen LogP contribution in [0.2, 0.25) is 0 Å². The molecule has 3 unspecified atom stereocenters. The van der Waals surface area contributed by atoms with Gasteiger partial charge in [0.2, 0.25) is 0 Å². The molecular formula is C19H22O. The Labute approximate surface area is 121 Å². The van der Waals surface area contributed by atoms with Gasteiger partial charge in [-0.05, 0) is 60.1 Å². The fourth-order valence-electron chi connectivity index (χ4n) is 4.80. The zero-order valence-electron chi connectivity index (χ0n) is 12.2. The lowest BCUT2D eigenvalue weighted by Crippen LogP contribution is -2.35. The fourth-order valence-corrected chi connectivity index (χ4v) is 4.80. The van der Waals surface area contributed by atoms with Gasteiger partial charge in [-0.15, -0.1) is 0 Å². The van der Waals surface area contributed by atoms with Gasteiger partial charge in [-0.1, -0.05) is 37.6 Å². The lowest BCUT2D eigenvalue weighted by atomic mass is 9.64. The van der Waals surface area contributed by atoms with Crippen molar-refractivity contribution in [1.82, 2.24) is 0 Å². The van der Waals surface area contributed by atoms with Crippen LogP contribution < -0.4 is 0 Å². The topological polar surface area (TPSA) is 17.1 Å². The SMILES string of the molecule is CCCc1ccc2c(c1)C(=O)CC1(C2)CC2C=CC1C2. The molecule has 1 saturated carbocycles. The highest BCUT2D eigenvalue weighted by molar-refractivity contribution is 5.99. The summed E-state index contributed by atoms with van der Waals surface area (Å²) >= 11 is 0. The molecule has 1 fully saturated rings. The monoisotopic (exact) mass is 266 g/mol. The average Bonchev–Trinajstić information content (AvgIpc) is 3.00. The number of benzene rings is 1. The van der Waals surface area contributed by atoms with E-state index in [2.05, 4.69) is 37.3 Å². The Balaban J connectivity index is 1.70. The molecule has 1 aromatic carbocycles. The number of rotatable bonds is 2. The van der Waals surface area contributed by atoms with Crippen LogP contribution in [0.5, 0.6) is 0 Å². The molecule has 0 amide bonds. The Morgan fingerprint density at radius 3 is 2.85 bits per heavy atom. The first-order valence-electron chi connectivity index (χ1n) is 8.03. The predicted molar refractivity (Wildman–Crippen MR) is 80.9 cm³/mol. The Kier molecular flexibility index (Phi) is 2.67. The number of carbonyl (C=O) groups is 1. The molecule has 0 aromatic heterocycles. The third-order valence-corrected chi connectivity index (χ3v) is 5.70. The summed E-state index contributed by atoms with van der Waals surface area (Å²) < 4.78 is 0. The largest absolute Gasteiger partial charge is 0.294 e. The first-order valence-corrected chi connectivity index (χ1v) is 8.03. The highest BCUT2D eigenvalue weighted by Gasteiger charge is 2.51. The van der Waals surface area contributed by atoms with Gasteiger partial charge in [-0.25, -0.2) is 0 Å². The van der Waals surface area contributed by atoms with E-state index in [9.17, 15) is 4.79 Å². The van der Waals surface area contributed by atoms with Crippen LogP contribution in [0.4, 0.5) is 0 Å². The molecule has 3 aliphatic carbocycles. The zero-order chi connectivity index (χ0) is 13.7. The fraction of sp³-hybridized carbons (Fsp3) is 0.526. The molecule has 0 heterocycles. The van der Waals surface area contributed by atoms with Crippen LogP contribution in [0.25, 0.3) is 0 Å². The van der Waals surface area contributed by atoms with Gasteiger partial charge in [0.1, 0.15) is 0 Å². The Bertz CT molecular complexity index is 598. The maximum Gasteiger partial charge on any atom is 0.163 e. The van der Waals surface area contributed by atoms with Crippen LogP contribution >= 0.6 is 0 Å². The lowest BCUT2D eigenvalue weighted by Gasteiger charge is -2.39. The second-order valence-electron chi connectivity index (χ2n) is 7.07. The lowest BCUT2D eigenvalue weighted by molar-refractivity contribution is 0.0848. The van der Waals surface area contributed by atoms with Gasteiger partial charge in [0.05, 0.1) is 0 Å². The molecule has 1 nitrogen and oxygen atoms in total. The van der Waals surface area contributed by atoms with Crippen LogP contribution in [0, 0.1) is 17.3 Å². The van der Waals surface area contributed by atoms with E-state index in [-0.39, 0.29) is 5.41 Å². The molecule has 1 heteroatoms. The van der Waals surface area contributed by atoms with E-state index in [0.29, 0.717) is 11.7 Å². The Hall–Kier alpha value is -1.37. The standard InChI is InChI=1S/C19H22O/c1-2-3-13-4-6-15-11-19(12-18(20)17(15)9-13)10-14-5-7-16(19)8-14/h4-7,9,14,16H,2-3,8,10-12H2,1H3. The first-order chi connectivity index (χ1) is 9.70. The molecule has 2 bridgehead atoms. The minimum Gasteiger partial charge on any atom is -0.294 e. The number of aryl methyl sites for hydroxylation is 1.